The third kappa shape index (κ3) is 1.96. The van der Waals surface area contributed by atoms with Gasteiger partial charge in [0, 0.05) is 5.69 Å². The van der Waals surface area contributed by atoms with E-state index in [-0.39, 0.29) is 11.6 Å². The van der Waals surface area contributed by atoms with E-state index in [2.05, 4.69) is 17.0 Å². The van der Waals surface area contributed by atoms with Gasteiger partial charge < -0.3 is 5.11 Å². The average Bonchev–Trinajstić information content (AvgIpc) is 2.79. The Morgan fingerprint density at radius 3 is 2.78 bits per heavy atom. The van der Waals surface area contributed by atoms with Gasteiger partial charge in [-0.1, -0.05) is 13.8 Å². The quantitative estimate of drug-likeness (QED) is 0.901. The predicted molar refractivity (Wildman–Crippen MR) is 68.9 cm³/mol. The van der Waals surface area contributed by atoms with Crippen LogP contribution in [0.15, 0.2) is 12.3 Å². The van der Waals surface area contributed by atoms with E-state index in [1.165, 1.54) is 0 Å². The van der Waals surface area contributed by atoms with Gasteiger partial charge in [-0.3, -0.25) is 0 Å². The van der Waals surface area contributed by atoms with E-state index in [4.69, 9.17) is 0 Å². The van der Waals surface area contributed by atoms with E-state index in [0.717, 1.165) is 12.1 Å². The van der Waals surface area contributed by atoms with E-state index in [9.17, 15) is 9.90 Å². The van der Waals surface area contributed by atoms with Crippen LogP contribution in [0.25, 0.3) is 11.0 Å². The molecule has 18 heavy (non-hydrogen) atoms. The van der Waals surface area contributed by atoms with Gasteiger partial charge in [-0.15, -0.1) is 0 Å². The first kappa shape index (κ1) is 12.5. The standard InChI is InChI=1S/C13H17N3O2/c1-4-8(3)16-12-11(7-14-16)10(13(17)18)6-9(5-2)15-12/h6-8H,4-5H2,1-3H3,(H,17,18). The predicted octanol–water partition coefficient (Wildman–Crippen LogP) is 2.66. The molecule has 0 bridgehead atoms. The lowest BCUT2D eigenvalue weighted by molar-refractivity contribution is 0.0699. The monoisotopic (exact) mass is 247 g/mol. The van der Waals surface area contributed by atoms with Crippen LogP contribution in [-0.4, -0.2) is 25.8 Å². The molecule has 1 unspecified atom stereocenters. The number of carboxylic acid groups (broad SMARTS) is 1. The zero-order chi connectivity index (χ0) is 13.3. The minimum Gasteiger partial charge on any atom is -0.478 e. The highest BCUT2D eigenvalue weighted by Gasteiger charge is 2.17. The summed E-state index contributed by atoms with van der Waals surface area (Å²) in [6, 6.07) is 1.84. The number of rotatable bonds is 4. The van der Waals surface area contributed by atoms with Gasteiger partial charge in [0.25, 0.3) is 0 Å². The Morgan fingerprint density at radius 2 is 2.22 bits per heavy atom. The summed E-state index contributed by atoms with van der Waals surface area (Å²) in [4.78, 5) is 15.8. The Morgan fingerprint density at radius 1 is 1.50 bits per heavy atom. The van der Waals surface area contributed by atoms with E-state index >= 15 is 0 Å². The van der Waals surface area contributed by atoms with E-state index in [1.807, 2.05) is 13.8 Å². The number of aromatic carboxylic acids is 1. The number of nitrogens with zero attached hydrogens (tertiary/aromatic N) is 3. The lowest BCUT2D eigenvalue weighted by Gasteiger charge is -2.10. The topological polar surface area (TPSA) is 68.0 Å². The normalized spacial score (nSPS) is 12.8. The van der Waals surface area contributed by atoms with Crippen LogP contribution in [0.1, 0.15) is 49.3 Å². The largest absolute Gasteiger partial charge is 0.478 e. The molecule has 2 aromatic rings. The Kier molecular flexibility index (Phi) is 3.32. The first-order valence-electron chi connectivity index (χ1n) is 6.18. The molecule has 5 nitrogen and oxygen atoms in total. The summed E-state index contributed by atoms with van der Waals surface area (Å²) >= 11 is 0. The van der Waals surface area contributed by atoms with Gasteiger partial charge in [0.05, 0.1) is 23.2 Å². The molecule has 0 saturated heterocycles. The lowest BCUT2D eigenvalue weighted by atomic mass is 10.1. The molecule has 1 N–H and O–H groups in total. The maximum absolute atomic E-state index is 11.3. The highest BCUT2D eigenvalue weighted by atomic mass is 16.4. The van der Waals surface area contributed by atoms with Crippen molar-refractivity contribution >= 4 is 17.0 Å². The summed E-state index contributed by atoms with van der Waals surface area (Å²) in [5.74, 6) is -0.930. The molecule has 2 aromatic heterocycles. The van der Waals surface area contributed by atoms with Crippen molar-refractivity contribution in [3.05, 3.63) is 23.5 Å². The number of hydrogen-bond acceptors (Lipinski definition) is 3. The molecule has 5 heteroatoms. The number of carboxylic acids is 1. The fourth-order valence-corrected chi connectivity index (χ4v) is 1.92. The maximum atomic E-state index is 11.3. The molecular weight excluding hydrogens is 230 g/mol. The van der Waals surface area contributed by atoms with Gasteiger partial charge >= 0.3 is 5.97 Å². The fourth-order valence-electron chi connectivity index (χ4n) is 1.92. The van der Waals surface area contributed by atoms with E-state index < -0.39 is 5.97 Å². The lowest BCUT2D eigenvalue weighted by Crippen LogP contribution is -2.08. The molecule has 1 atom stereocenters. The third-order valence-electron chi connectivity index (χ3n) is 3.22. The highest BCUT2D eigenvalue weighted by Crippen LogP contribution is 2.22. The van der Waals surface area contributed by atoms with Crippen molar-refractivity contribution in [2.24, 2.45) is 0 Å². The fraction of sp³-hybridized carbons (Fsp3) is 0.462. The number of aromatic nitrogens is 3. The van der Waals surface area contributed by atoms with Crippen molar-refractivity contribution in [2.75, 3.05) is 0 Å². The molecule has 96 valence electrons. The van der Waals surface area contributed by atoms with Gasteiger partial charge in [0.15, 0.2) is 5.65 Å². The molecule has 0 aliphatic carbocycles. The number of aryl methyl sites for hydroxylation is 1. The van der Waals surface area contributed by atoms with Gasteiger partial charge in [-0.05, 0) is 25.8 Å². The molecule has 0 aromatic carbocycles. The van der Waals surface area contributed by atoms with Crippen LogP contribution < -0.4 is 0 Å². The molecule has 0 spiro atoms. The molecule has 0 amide bonds. The zero-order valence-corrected chi connectivity index (χ0v) is 10.8. The zero-order valence-electron chi connectivity index (χ0n) is 10.8. The molecule has 0 saturated carbocycles. The number of fused-ring (bicyclic) bond motifs is 1. The van der Waals surface area contributed by atoms with Crippen LogP contribution in [0.4, 0.5) is 0 Å². The summed E-state index contributed by atoms with van der Waals surface area (Å²) in [5.41, 5.74) is 1.73. The Bertz CT molecular complexity index is 589. The second kappa shape index (κ2) is 4.76. The maximum Gasteiger partial charge on any atom is 0.336 e. The smallest absolute Gasteiger partial charge is 0.336 e. The van der Waals surface area contributed by atoms with Gasteiger partial charge in [0.1, 0.15) is 0 Å². The first-order chi connectivity index (χ1) is 8.58. The van der Waals surface area contributed by atoms with Crippen LogP contribution in [-0.2, 0) is 6.42 Å². The van der Waals surface area contributed by atoms with Crippen LogP contribution in [0, 0.1) is 0 Å². The molecule has 0 aliphatic heterocycles. The minimum absolute atomic E-state index is 0.212. The molecule has 2 heterocycles. The SMILES string of the molecule is CCc1cc(C(=O)O)c2cnn(C(C)CC)c2n1. The summed E-state index contributed by atoms with van der Waals surface area (Å²) in [7, 11) is 0. The second-order valence-corrected chi connectivity index (χ2v) is 4.40. The van der Waals surface area contributed by atoms with Crippen molar-refractivity contribution in [3.63, 3.8) is 0 Å². The minimum atomic E-state index is -0.930. The first-order valence-corrected chi connectivity index (χ1v) is 6.18. The van der Waals surface area contributed by atoms with Crippen molar-refractivity contribution in [1.29, 1.82) is 0 Å². The Labute approximate surface area is 105 Å². The Hall–Kier alpha value is -1.91. The van der Waals surface area contributed by atoms with Crippen LogP contribution in [0.3, 0.4) is 0 Å². The van der Waals surface area contributed by atoms with E-state index in [1.54, 1.807) is 16.9 Å². The molecule has 0 radical (unpaired) electrons. The van der Waals surface area contributed by atoms with Gasteiger partial charge in [0.2, 0.25) is 0 Å². The van der Waals surface area contributed by atoms with Crippen LogP contribution in [0.2, 0.25) is 0 Å². The third-order valence-corrected chi connectivity index (χ3v) is 3.22. The summed E-state index contributed by atoms with van der Waals surface area (Å²) < 4.78 is 1.81. The Balaban J connectivity index is 2.72. The summed E-state index contributed by atoms with van der Waals surface area (Å²) in [5, 5.41) is 14.1. The molecular formula is C13H17N3O2. The highest BCUT2D eigenvalue weighted by molar-refractivity contribution is 6.01. The number of hydrogen-bond donors (Lipinski definition) is 1. The number of carbonyl (C=O) groups is 1. The summed E-state index contributed by atoms with van der Waals surface area (Å²) in [6.45, 7) is 6.08. The second-order valence-electron chi connectivity index (χ2n) is 4.40. The summed E-state index contributed by atoms with van der Waals surface area (Å²) in [6.07, 6.45) is 3.23. The average molecular weight is 247 g/mol. The van der Waals surface area contributed by atoms with Crippen LogP contribution >= 0.6 is 0 Å². The van der Waals surface area contributed by atoms with Crippen LogP contribution in [0.5, 0.6) is 0 Å². The van der Waals surface area contributed by atoms with Crippen molar-refractivity contribution < 1.29 is 9.90 Å². The molecule has 2 rings (SSSR count). The van der Waals surface area contributed by atoms with Crippen molar-refractivity contribution in [2.45, 2.75) is 39.7 Å². The van der Waals surface area contributed by atoms with Crippen molar-refractivity contribution in [3.8, 4) is 0 Å². The number of pyridine rings is 1. The van der Waals surface area contributed by atoms with E-state index in [0.29, 0.717) is 17.5 Å². The molecule has 0 aliphatic rings. The van der Waals surface area contributed by atoms with Gasteiger partial charge in [-0.25, -0.2) is 14.5 Å². The van der Waals surface area contributed by atoms with Crippen molar-refractivity contribution in [1.82, 2.24) is 14.8 Å². The van der Waals surface area contributed by atoms with Gasteiger partial charge in [-0.2, -0.15) is 5.10 Å². The molecule has 0 fully saturated rings.